The SMILES string of the molecule is CC(=O)NNCCNC(=O)OCC1c2ccccc2-c2ccccc21. The van der Waals surface area contributed by atoms with Gasteiger partial charge in [-0.05, 0) is 22.3 Å². The molecular weight excluding hydrogens is 318 g/mol. The minimum atomic E-state index is -0.466. The smallest absolute Gasteiger partial charge is 0.407 e. The Balaban J connectivity index is 1.55. The van der Waals surface area contributed by atoms with Crippen LogP contribution in [0.5, 0.6) is 0 Å². The first kappa shape index (κ1) is 17.0. The van der Waals surface area contributed by atoms with Crippen molar-refractivity contribution in [2.24, 2.45) is 0 Å². The van der Waals surface area contributed by atoms with Crippen LogP contribution in [-0.2, 0) is 9.53 Å². The van der Waals surface area contributed by atoms with E-state index in [0.717, 1.165) is 0 Å². The lowest BCUT2D eigenvalue weighted by atomic mass is 9.98. The van der Waals surface area contributed by atoms with E-state index < -0.39 is 6.09 Å². The number of nitrogens with one attached hydrogen (secondary N) is 3. The van der Waals surface area contributed by atoms with E-state index in [4.69, 9.17) is 4.74 Å². The summed E-state index contributed by atoms with van der Waals surface area (Å²) in [5.41, 5.74) is 9.90. The molecule has 0 unspecified atom stereocenters. The predicted molar refractivity (Wildman–Crippen MR) is 94.9 cm³/mol. The van der Waals surface area contributed by atoms with Crippen molar-refractivity contribution in [3.8, 4) is 11.1 Å². The molecular formula is C19H21N3O3. The third-order valence-electron chi connectivity index (χ3n) is 4.13. The van der Waals surface area contributed by atoms with Gasteiger partial charge in [0.15, 0.2) is 0 Å². The number of alkyl carbamates (subject to hydrolysis) is 1. The maximum Gasteiger partial charge on any atom is 0.407 e. The molecule has 2 aromatic rings. The second kappa shape index (κ2) is 7.81. The van der Waals surface area contributed by atoms with Gasteiger partial charge in [-0.25, -0.2) is 10.2 Å². The third-order valence-corrected chi connectivity index (χ3v) is 4.13. The van der Waals surface area contributed by atoms with Gasteiger partial charge in [-0.2, -0.15) is 0 Å². The van der Waals surface area contributed by atoms with Crippen molar-refractivity contribution in [2.75, 3.05) is 19.7 Å². The molecule has 3 N–H and O–H groups in total. The van der Waals surface area contributed by atoms with Crippen LogP contribution in [0.25, 0.3) is 11.1 Å². The summed E-state index contributed by atoms with van der Waals surface area (Å²) >= 11 is 0. The lowest BCUT2D eigenvalue weighted by Crippen LogP contribution is -2.41. The first-order valence-corrected chi connectivity index (χ1v) is 8.25. The minimum absolute atomic E-state index is 0.0515. The fourth-order valence-electron chi connectivity index (χ4n) is 3.06. The highest BCUT2D eigenvalue weighted by Crippen LogP contribution is 2.44. The average molecular weight is 339 g/mol. The molecule has 0 saturated carbocycles. The van der Waals surface area contributed by atoms with E-state index in [9.17, 15) is 9.59 Å². The number of benzene rings is 2. The van der Waals surface area contributed by atoms with Crippen LogP contribution in [0.4, 0.5) is 4.79 Å². The molecule has 6 heteroatoms. The molecule has 25 heavy (non-hydrogen) atoms. The highest BCUT2D eigenvalue weighted by molar-refractivity contribution is 5.79. The average Bonchev–Trinajstić information content (AvgIpc) is 2.93. The van der Waals surface area contributed by atoms with E-state index in [2.05, 4.69) is 40.4 Å². The number of hydrogen-bond donors (Lipinski definition) is 3. The first-order valence-electron chi connectivity index (χ1n) is 8.25. The van der Waals surface area contributed by atoms with Crippen LogP contribution in [0.3, 0.4) is 0 Å². The molecule has 0 aromatic heterocycles. The molecule has 130 valence electrons. The summed E-state index contributed by atoms with van der Waals surface area (Å²) in [6, 6.07) is 16.4. The van der Waals surface area contributed by atoms with Crippen molar-refractivity contribution in [3.05, 3.63) is 59.7 Å². The normalized spacial score (nSPS) is 12.2. The van der Waals surface area contributed by atoms with Crippen molar-refractivity contribution >= 4 is 12.0 Å². The molecule has 0 radical (unpaired) electrons. The summed E-state index contributed by atoms with van der Waals surface area (Å²) in [4.78, 5) is 22.6. The summed E-state index contributed by atoms with van der Waals surface area (Å²) < 4.78 is 5.40. The molecule has 3 rings (SSSR count). The number of rotatable bonds is 6. The number of fused-ring (bicyclic) bond motifs is 3. The Kier molecular flexibility index (Phi) is 5.30. The zero-order valence-corrected chi connectivity index (χ0v) is 14.0. The molecule has 0 bridgehead atoms. The van der Waals surface area contributed by atoms with Gasteiger partial charge in [0.25, 0.3) is 0 Å². The molecule has 2 aromatic carbocycles. The van der Waals surface area contributed by atoms with Crippen LogP contribution < -0.4 is 16.2 Å². The van der Waals surface area contributed by atoms with Gasteiger partial charge in [0, 0.05) is 25.9 Å². The van der Waals surface area contributed by atoms with Gasteiger partial charge in [0.05, 0.1) is 0 Å². The zero-order valence-electron chi connectivity index (χ0n) is 14.0. The highest BCUT2D eigenvalue weighted by Gasteiger charge is 2.28. The molecule has 0 atom stereocenters. The van der Waals surface area contributed by atoms with Gasteiger partial charge in [-0.1, -0.05) is 48.5 Å². The Morgan fingerprint density at radius 1 is 0.960 bits per heavy atom. The van der Waals surface area contributed by atoms with Crippen molar-refractivity contribution in [1.82, 2.24) is 16.2 Å². The van der Waals surface area contributed by atoms with Crippen LogP contribution in [0, 0.1) is 0 Å². The number of amides is 2. The van der Waals surface area contributed by atoms with Crippen LogP contribution >= 0.6 is 0 Å². The maximum absolute atomic E-state index is 11.9. The Labute approximate surface area is 146 Å². The van der Waals surface area contributed by atoms with Crippen LogP contribution in [0.15, 0.2) is 48.5 Å². The summed E-state index contributed by atoms with van der Waals surface area (Å²) in [5.74, 6) is -0.128. The van der Waals surface area contributed by atoms with Gasteiger partial charge >= 0.3 is 6.09 Å². The molecule has 6 nitrogen and oxygen atoms in total. The van der Waals surface area contributed by atoms with Gasteiger partial charge in [0.1, 0.15) is 6.61 Å². The van der Waals surface area contributed by atoms with Gasteiger partial charge in [-0.3, -0.25) is 10.2 Å². The molecule has 0 saturated heterocycles. The lowest BCUT2D eigenvalue weighted by molar-refractivity contribution is -0.119. The molecule has 1 aliphatic rings. The molecule has 1 aliphatic carbocycles. The lowest BCUT2D eigenvalue weighted by Gasteiger charge is -2.14. The molecule has 0 fully saturated rings. The van der Waals surface area contributed by atoms with Crippen LogP contribution in [-0.4, -0.2) is 31.7 Å². The summed E-state index contributed by atoms with van der Waals surface area (Å²) in [6.45, 7) is 2.48. The molecule has 0 aliphatic heterocycles. The molecule has 0 heterocycles. The number of hydrogen-bond acceptors (Lipinski definition) is 4. The van der Waals surface area contributed by atoms with Crippen molar-refractivity contribution in [3.63, 3.8) is 0 Å². The minimum Gasteiger partial charge on any atom is -0.449 e. The maximum atomic E-state index is 11.9. The number of carbonyl (C=O) groups excluding carboxylic acids is 2. The Morgan fingerprint density at radius 2 is 1.56 bits per heavy atom. The Morgan fingerprint density at radius 3 is 2.16 bits per heavy atom. The van der Waals surface area contributed by atoms with Gasteiger partial charge < -0.3 is 10.1 Å². The van der Waals surface area contributed by atoms with E-state index >= 15 is 0 Å². The summed E-state index contributed by atoms with van der Waals surface area (Å²) in [6.07, 6.45) is -0.466. The van der Waals surface area contributed by atoms with E-state index in [-0.39, 0.29) is 11.8 Å². The van der Waals surface area contributed by atoms with Crippen LogP contribution in [0.1, 0.15) is 24.0 Å². The predicted octanol–water partition coefficient (Wildman–Crippen LogP) is 2.17. The first-order chi connectivity index (χ1) is 12.2. The van der Waals surface area contributed by atoms with Crippen molar-refractivity contribution in [1.29, 1.82) is 0 Å². The molecule has 0 spiro atoms. The Hall–Kier alpha value is -2.86. The second-order valence-corrected chi connectivity index (χ2v) is 5.86. The fourth-order valence-corrected chi connectivity index (χ4v) is 3.06. The number of carbonyl (C=O) groups is 2. The van der Waals surface area contributed by atoms with Gasteiger partial charge in [-0.15, -0.1) is 0 Å². The standard InChI is InChI=1S/C19H21N3O3/c1-13(23)22-21-11-10-20-19(24)25-12-18-16-8-4-2-6-14(16)15-7-3-5-9-17(15)18/h2-9,18,21H,10-12H2,1H3,(H,20,24)(H,22,23). The number of ether oxygens (including phenoxy) is 1. The number of hydrazine groups is 1. The summed E-state index contributed by atoms with van der Waals surface area (Å²) in [5, 5.41) is 2.65. The van der Waals surface area contributed by atoms with E-state index in [1.54, 1.807) is 0 Å². The Bertz CT molecular complexity index is 731. The van der Waals surface area contributed by atoms with E-state index in [1.165, 1.54) is 29.2 Å². The van der Waals surface area contributed by atoms with E-state index in [1.807, 2.05) is 24.3 Å². The third kappa shape index (κ3) is 3.97. The largest absolute Gasteiger partial charge is 0.449 e. The summed E-state index contributed by atoms with van der Waals surface area (Å²) in [7, 11) is 0. The highest BCUT2D eigenvalue weighted by atomic mass is 16.5. The van der Waals surface area contributed by atoms with Crippen LogP contribution in [0.2, 0.25) is 0 Å². The fraction of sp³-hybridized carbons (Fsp3) is 0.263. The van der Waals surface area contributed by atoms with Crippen molar-refractivity contribution in [2.45, 2.75) is 12.8 Å². The van der Waals surface area contributed by atoms with Gasteiger partial charge in [0.2, 0.25) is 5.91 Å². The quantitative estimate of drug-likeness (QED) is 0.557. The van der Waals surface area contributed by atoms with E-state index in [0.29, 0.717) is 19.7 Å². The monoisotopic (exact) mass is 339 g/mol. The topological polar surface area (TPSA) is 79.5 Å². The van der Waals surface area contributed by atoms with Crippen molar-refractivity contribution < 1.29 is 14.3 Å². The molecule has 2 amide bonds. The second-order valence-electron chi connectivity index (χ2n) is 5.86. The zero-order chi connectivity index (χ0) is 17.6.